The average molecular weight is 279 g/mol. The third-order valence-corrected chi connectivity index (χ3v) is 3.62. The van der Waals surface area contributed by atoms with E-state index in [2.05, 4.69) is 10.3 Å². The highest BCUT2D eigenvalue weighted by Gasteiger charge is 2.09. The standard InChI is InChI=1S/C13H17N3O2S/c1-8-7-19-13(16-8)6-15-10-5-12(18-3)11(17-2)4-9(10)14/h4-5,7,15H,6,14H2,1-3H3. The summed E-state index contributed by atoms with van der Waals surface area (Å²) >= 11 is 1.62. The fraction of sp³-hybridized carbons (Fsp3) is 0.308. The third-order valence-electron chi connectivity index (χ3n) is 2.65. The molecule has 3 N–H and O–H groups in total. The van der Waals surface area contributed by atoms with Crippen molar-refractivity contribution in [3.63, 3.8) is 0 Å². The van der Waals surface area contributed by atoms with E-state index in [-0.39, 0.29) is 0 Å². The van der Waals surface area contributed by atoms with Gasteiger partial charge in [0.1, 0.15) is 5.01 Å². The van der Waals surface area contributed by atoms with Gasteiger partial charge in [0.25, 0.3) is 0 Å². The largest absolute Gasteiger partial charge is 0.493 e. The number of thiazole rings is 1. The van der Waals surface area contributed by atoms with Crippen molar-refractivity contribution in [2.24, 2.45) is 0 Å². The van der Waals surface area contributed by atoms with Crippen LogP contribution < -0.4 is 20.5 Å². The zero-order chi connectivity index (χ0) is 13.8. The van der Waals surface area contributed by atoms with Gasteiger partial charge in [-0.1, -0.05) is 0 Å². The number of hydrogen-bond donors (Lipinski definition) is 2. The summed E-state index contributed by atoms with van der Waals surface area (Å²) in [7, 11) is 3.19. The van der Waals surface area contributed by atoms with Crippen LogP contribution in [-0.4, -0.2) is 19.2 Å². The highest BCUT2D eigenvalue weighted by atomic mass is 32.1. The molecule has 0 aliphatic carbocycles. The molecule has 19 heavy (non-hydrogen) atoms. The van der Waals surface area contributed by atoms with Crippen LogP contribution in [0.4, 0.5) is 11.4 Å². The summed E-state index contributed by atoms with van der Waals surface area (Å²) in [4.78, 5) is 4.39. The van der Waals surface area contributed by atoms with E-state index in [1.54, 1.807) is 31.6 Å². The zero-order valence-electron chi connectivity index (χ0n) is 11.2. The molecule has 0 saturated carbocycles. The zero-order valence-corrected chi connectivity index (χ0v) is 12.0. The van der Waals surface area contributed by atoms with Gasteiger partial charge in [-0.3, -0.25) is 0 Å². The molecule has 6 heteroatoms. The van der Waals surface area contributed by atoms with Crippen molar-refractivity contribution in [3.8, 4) is 11.5 Å². The number of rotatable bonds is 5. The SMILES string of the molecule is COc1cc(N)c(NCc2nc(C)cs2)cc1OC. The predicted octanol–water partition coefficient (Wildman–Crippen LogP) is 2.66. The van der Waals surface area contributed by atoms with E-state index in [9.17, 15) is 0 Å². The van der Waals surface area contributed by atoms with Crippen LogP contribution in [0.15, 0.2) is 17.5 Å². The fourth-order valence-electron chi connectivity index (χ4n) is 1.70. The lowest BCUT2D eigenvalue weighted by Gasteiger charge is -2.13. The van der Waals surface area contributed by atoms with Gasteiger partial charge < -0.3 is 20.5 Å². The molecule has 2 rings (SSSR count). The molecule has 0 atom stereocenters. The van der Waals surface area contributed by atoms with Crippen LogP contribution in [0.25, 0.3) is 0 Å². The molecule has 0 amide bonds. The third kappa shape index (κ3) is 3.08. The highest BCUT2D eigenvalue weighted by molar-refractivity contribution is 7.09. The number of aromatic nitrogens is 1. The molecule has 5 nitrogen and oxygen atoms in total. The summed E-state index contributed by atoms with van der Waals surface area (Å²) in [5.41, 5.74) is 8.43. The first-order valence-corrected chi connectivity index (χ1v) is 6.68. The van der Waals surface area contributed by atoms with Gasteiger partial charge in [-0.25, -0.2) is 4.98 Å². The maximum atomic E-state index is 5.97. The molecular formula is C13H17N3O2S. The molecule has 0 aliphatic rings. The minimum absolute atomic E-state index is 0.617. The Bertz CT molecular complexity index is 569. The lowest BCUT2D eigenvalue weighted by Crippen LogP contribution is -2.03. The first-order chi connectivity index (χ1) is 9.13. The van der Waals surface area contributed by atoms with Crippen LogP contribution in [-0.2, 0) is 6.54 Å². The quantitative estimate of drug-likeness (QED) is 0.823. The van der Waals surface area contributed by atoms with E-state index in [0.717, 1.165) is 16.4 Å². The van der Waals surface area contributed by atoms with Gasteiger partial charge in [0.2, 0.25) is 0 Å². The van der Waals surface area contributed by atoms with Gasteiger partial charge in [0.05, 0.1) is 32.1 Å². The lowest BCUT2D eigenvalue weighted by molar-refractivity contribution is 0.355. The molecule has 0 aliphatic heterocycles. The number of nitrogens with zero attached hydrogens (tertiary/aromatic N) is 1. The van der Waals surface area contributed by atoms with Crippen molar-refractivity contribution >= 4 is 22.7 Å². The number of nitrogens with two attached hydrogens (primary N) is 1. The number of nitrogen functional groups attached to an aromatic ring is 1. The molecule has 0 saturated heterocycles. The number of anilines is 2. The monoisotopic (exact) mass is 279 g/mol. The Morgan fingerprint density at radius 2 is 1.95 bits per heavy atom. The molecule has 102 valence electrons. The molecule has 0 spiro atoms. The van der Waals surface area contributed by atoms with E-state index in [0.29, 0.717) is 23.7 Å². The maximum Gasteiger partial charge on any atom is 0.162 e. The van der Waals surface area contributed by atoms with Gasteiger partial charge in [0, 0.05) is 23.2 Å². The van der Waals surface area contributed by atoms with Crippen molar-refractivity contribution in [2.45, 2.75) is 13.5 Å². The molecule has 2 aromatic rings. The Labute approximate surface area is 116 Å². The number of ether oxygens (including phenoxy) is 2. The Morgan fingerprint density at radius 1 is 1.26 bits per heavy atom. The number of nitrogens with one attached hydrogen (secondary N) is 1. The van der Waals surface area contributed by atoms with E-state index in [1.165, 1.54) is 0 Å². The first kappa shape index (κ1) is 13.5. The smallest absolute Gasteiger partial charge is 0.162 e. The lowest BCUT2D eigenvalue weighted by atomic mass is 10.2. The normalized spacial score (nSPS) is 10.3. The molecule has 1 aromatic heterocycles. The van der Waals surface area contributed by atoms with E-state index >= 15 is 0 Å². The summed E-state index contributed by atoms with van der Waals surface area (Å²) in [6.07, 6.45) is 0. The van der Waals surface area contributed by atoms with E-state index < -0.39 is 0 Å². The molecule has 0 radical (unpaired) electrons. The number of aryl methyl sites for hydroxylation is 1. The fourth-order valence-corrected chi connectivity index (χ4v) is 2.41. The molecule has 1 aromatic carbocycles. The Morgan fingerprint density at radius 3 is 2.53 bits per heavy atom. The second kappa shape index (κ2) is 5.79. The van der Waals surface area contributed by atoms with E-state index in [1.807, 2.05) is 18.4 Å². The second-order valence-electron chi connectivity index (χ2n) is 4.03. The average Bonchev–Trinajstić information content (AvgIpc) is 2.82. The van der Waals surface area contributed by atoms with Crippen LogP contribution in [0.3, 0.4) is 0 Å². The molecular weight excluding hydrogens is 262 g/mol. The Hall–Kier alpha value is -1.95. The summed E-state index contributed by atoms with van der Waals surface area (Å²) < 4.78 is 10.4. The second-order valence-corrected chi connectivity index (χ2v) is 4.97. The Balaban J connectivity index is 2.15. The van der Waals surface area contributed by atoms with Crippen molar-refractivity contribution in [3.05, 3.63) is 28.2 Å². The van der Waals surface area contributed by atoms with Crippen LogP contribution >= 0.6 is 11.3 Å². The van der Waals surface area contributed by atoms with Crippen molar-refractivity contribution in [1.82, 2.24) is 4.98 Å². The van der Waals surface area contributed by atoms with Gasteiger partial charge >= 0.3 is 0 Å². The summed E-state index contributed by atoms with van der Waals surface area (Å²) in [5.74, 6) is 1.27. The van der Waals surface area contributed by atoms with Crippen molar-refractivity contribution < 1.29 is 9.47 Å². The number of methoxy groups -OCH3 is 2. The first-order valence-electron chi connectivity index (χ1n) is 5.80. The van der Waals surface area contributed by atoms with Gasteiger partial charge in [-0.05, 0) is 6.92 Å². The van der Waals surface area contributed by atoms with Crippen molar-refractivity contribution in [2.75, 3.05) is 25.3 Å². The van der Waals surface area contributed by atoms with Crippen molar-refractivity contribution in [1.29, 1.82) is 0 Å². The Kier molecular flexibility index (Phi) is 4.11. The van der Waals surface area contributed by atoms with Crippen LogP contribution in [0.2, 0.25) is 0 Å². The van der Waals surface area contributed by atoms with Crippen LogP contribution in [0.1, 0.15) is 10.7 Å². The molecule has 0 bridgehead atoms. The number of hydrogen-bond acceptors (Lipinski definition) is 6. The number of benzene rings is 1. The maximum absolute atomic E-state index is 5.97. The molecule has 0 unspecified atom stereocenters. The highest BCUT2D eigenvalue weighted by Crippen LogP contribution is 2.35. The summed E-state index contributed by atoms with van der Waals surface area (Å²) in [6, 6.07) is 3.57. The van der Waals surface area contributed by atoms with Gasteiger partial charge in [0.15, 0.2) is 11.5 Å². The summed E-state index contributed by atoms with van der Waals surface area (Å²) in [5, 5.41) is 6.30. The molecule has 0 fully saturated rings. The van der Waals surface area contributed by atoms with Gasteiger partial charge in [-0.2, -0.15) is 0 Å². The summed E-state index contributed by atoms with van der Waals surface area (Å²) in [6.45, 7) is 2.61. The van der Waals surface area contributed by atoms with Gasteiger partial charge in [-0.15, -0.1) is 11.3 Å². The van der Waals surface area contributed by atoms with Crippen LogP contribution in [0, 0.1) is 6.92 Å². The van der Waals surface area contributed by atoms with Crippen LogP contribution in [0.5, 0.6) is 11.5 Å². The van der Waals surface area contributed by atoms with E-state index in [4.69, 9.17) is 15.2 Å². The predicted molar refractivity (Wildman–Crippen MR) is 78.1 cm³/mol. The topological polar surface area (TPSA) is 69.4 Å². The molecule has 1 heterocycles. The minimum atomic E-state index is 0.617. The minimum Gasteiger partial charge on any atom is -0.493 e.